The lowest BCUT2D eigenvalue weighted by Gasteiger charge is -2.15. The molecule has 28 heteroatoms. The van der Waals surface area contributed by atoms with Gasteiger partial charge in [0.15, 0.2) is 25.4 Å². The number of nitrogens with zero attached hydrogens (tertiary/aromatic N) is 4. The number of fused-ring (bicyclic) bond motifs is 1. The molecular formula is C29H31N5O18S5. The van der Waals surface area contributed by atoms with E-state index in [1.165, 1.54) is 37.4 Å². The predicted molar refractivity (Wildman–Crippen MR) is 198 cm³/mol. The van der Waals surface area contributed by atoms with Crippen molar-refractivity contribution in [2.45, 2.75) is 14.7 Å². The molecule has 0 aliphatic heterocycles. The number of hydrogen-bond acceptors (Lipinski definition) is 20. The first-order chi connectivity index (χ1) is 26.4. The zero-order chi connectivity index (χ0) is 42.6. The Balaban J connectivity index is 1.82. The highest BCUT2D eigenvalue weighted by molar-refractivity contribution is 7.92. The van der Waals surface area contributed by atoms with Gasteiger partial charge in [-0.05, 0) is 36.4 Å². The van der Waals surface area contributed by atoms with Crippen LogP contribution < -0.4 is 14.8 Å². The molecule has 57 heavy (non-hydrogen) atoms. The summed E-state index contributed by atoms with van der Waals surface area (Å²) in [6.07, 6.45) is 0. The van der Waals surface area contributed by atoms with Gasteiger partial charge in [-0.2, -0.15) is 30.4 Å². The number of nitrogens with one attached hydrogen (secondary N) is 1. The van der Waals surface area contributed by atoms with E-state index in [0.717, 1.165) is 32.4 Å². The second kappa shape index (κ2) is 17.3. The number of azo groups is 2. The molecule has 0 atom stereocenters. The molecule has 0 unspecified atom stereocenters. The number of hydrogen-bond donors (Lipinski definition) is 5. The van der Waals surface area contributed by atoms with Crippen LogP contribution in [0.25, 0.3) is 10.8 Å². The summed E-state index contributed by atoms with van der Waals surface area (Å²) >= 11 is 0. The van der Waals surface area contributed by atoms with Crippen LogP contribution in [0.4, 0.5) is 28.4 Å². The van der Waals surface area contributed by atoms with E-state index in [1.54, 1.807) is 0 Å². The first-order valence-corrected chi connectivity index (χ1v) is 22.7. The molecule has 4 rings (SSSR count). The van der Waals surface area contributed by atoms with Gasteiger partial charge in [-0.1, -0.05) is 6.07 Å². The lowest BCUT2D eigenvalue weighted by molar-refractivity contribution is 0.282. The van der Waals surface area contributed by atoms with Crippen molar-refractivity contribution < 1.29 is 78.7 Å². The summed E-state index contributed by atoms with van der Waals surface area (Å²) in [7, 11) is -19.9. The SMILES string of the molecule is CNc1ccc2c(OC)c(/N=N/c3cc(OC)c(S(=O)(=O)CCOS(=O)(=O)O)cc3O)c(S(=O)(=O)O)cc2c1/N=N/c1cccc(S(=O)(=O)CCOS(=O)(=O)O)c1. The van der Waals surface area contributed by atoms with E-state index >= 15 is 0 Å². The van der Waals surface area contributed by atoms with Crippen molar-refractivity contribution in [2.75, 3.05) is 51.3 Å². The Morgan fingerprint density at radius 1 is 0.649 bits per heavy atom. The number of benzene rings is 4. The van der Waals surface area contributed by atoms with Gasteiger partial charge in [0, 0.05) is 30.0 Å². The third kappa shape index (κ3) is 11.4. The van der Waals surface area contributed by atoms with E-state index in [0.29, 0.717) is 6.07 Å². The van der Waals surface area contributed by atoms with Gasteiger partial charge in [-0.3, -0.25) is 13.7 Å². The Hall–Kier alpha value is -4.91. The van der Waals surface area contributed by atoms with Crippen LogP contribution in [0.2, 0.25) is 0 Å². The van der Waals surface area contributed by atoms with Crippen LogP contribution in [0.3, 0.4) is 0 Å². The first-order valence-electron chi connectivity index (χ1n) is 15.3. The fourth-order valence-corrected chi connectivity index (χ4v) is 8.73. The minimum atomic E-state index is -5.17. The number of aromatic hydroxyl groups is 1. The highest BCUT2D eigenvalue weighted by Gasteiger charge is 2.27. The number of methoxy groups -OCH3 is 2. The van der Waals surface area contributed by atoms with E-state index in [1.807, 2.05) is 0 Å². The summed E-state index contributed by atoms with van der Waals surface area (Å²) in [6.45, 7) is -1.86. The van der Waals surface area contributed by atoms with Crippen LogP contribution in [0.1, 0.15) is 0 Å². The molecule has 0 fully saturated rings. The summed E-state index contributed by atoms with van der Waals surface area (Å²) in [4.78, 5) is -1.83. The molecule has 310 valence electrons. The Bertz CT molecular complexity index is 2830. The van der Waals surface area contributed by atoms with Crippen molar-refractivity contribution >= 4 is 89.8 Å². The zero-order valence-corrected chi connectivity index (χ0v) is 33.4. The minimum Gasteiger partial charge on any atom is -0.506 e. The number of rotatable bonds is 18. The van der Waals surface area contributed by atoms with Gasteiger partial charge in [-0.25, -0.2) is 25.2 Å². The lowest BCUT2D eigenvalue weighted by Crippen LogP contribution is -2.16. The number of phenols is 1. The summed E-state index contributed by atoms with van der Waals surface area (Å²) < 4.78 is 166. The van der Waals surface area contributed by atoms with Crippen molar-refractivity contribution in [3.05, 3.63) is 54.6 Å². The molecule has 23 nitrogen and oxygen atoms in total. The van der Waals surface area contributed by atoms with Crippen LogP contribution >= 0.6 is 0 Å². The molecule has 0 saturated heterocycles. The normalized spacial score (nSPS) is 13.1. The summed E-state index contributed by atoms with van der Waals surface area (Å²) in [5.41, 5.74) is -0.886. The second-order valence-corrected chi connectivity index (χ2v) is 18.8. The number of ether oxygens (including phenoxy) is 2. The fraction of sp³-hybridized carbons (Fsp3) is 0.241. The van der Waals surface area contributed by atoms with Gasteiger partial charge < -0.3 is 19.9 Å². The highest BCUT2D eigenvalue weighted by atomic mass is 32.3. The minimum absolute atomic E-state index is 0.00258. The Labute approximate surface area is 325 Å². The molecule has 0 aliphatic rings. The highest BCUT2D eigenvalue weighted by Crippen LogP contribution is 2.47. The van der Waals surface area contributed by atoms with E-state index < -0.39 is 108 Å². The molecular weight excluding hydrogens is 867 g/mol. The van der Waals surface area contributed by atoms with Gasteiger partial charge in [-0.15, -0.1) is 15.3 Å². The Morgan fingerprint density at radius 2 is 1.26 bits per heavy atom. The molecule has 0 radical (unpaired) electrons. The average Bonchev–Trinajstić information content (AvgIpc) is 3.10. The Morgan fingerprint density at radius 3 is 1.82 bits per heavy atom. The molecule has 0 aromatic heterocycles. The monoisotopic (exact) mass is 897 g/mol. The zero-order valence-electron chi connectivity index (χ0n) is 29.4. The fourth-order valence-electron chi connectivity index (χ4n) is 4.90. The molecule has 0 spiro atoms. The first kappa shape index (κ1) is 44.8. The molecule has 0 heterocycles. The maximum absolute atomic E-state index is 12.8. The summed E-state index contributed by atoms with van der Waals surface area (Å²) in [5.74, 6) is -3.34. The number of phenolic OH excluding ortho intramolecular Hbond substituents is 1. The third-order valence-corrected chi connectivity index (χ3v) is 12.6. The van der Waals surface area contributed by atoms with E-state index in [2.05, 4.69) is 34.1 Å². The van der Waals surface area contributed by atoms with E-state index in [9.17, 15) is 51.7 Å². The van der Waals surface area contributed by atoms with Gasteiger partial charge in [0.05, 0.1) is 55.2 Å². The van der Waals surface area contributed by atoms with Crippen LogP contribution in [0.15, 0.2) is 89.7 Å². The molecule has 5 N–H and O–H groups in total. The van der Waals surface area contributed by atoms with Crippen molar-refractivity contribution in [1.82, 2.24) is 0 Å². The van der Waals surface area contributed by atoms with Gasteiger partial charge in [0.25, 0.3) is 10.1 Å². The largest absolute Gasteiger partial charge is 0.506 e. The maximum atomic E-state index is 12.8. The second-order valence-electron chi connectivity index (χ2n) is 11.1. The van der Waals surface area contributed by atoms with Crippen LogP contribution in [-0.4, -0.2) is 107 Å². The van der Waals surface area contributed by atoms with Gasteiger partial charge in [0.1, 0.15) is 38.4 Å². The van der Waals surface area contributed by atoms with Crippen molar-refractivity contribution in [3.63, 3.8) is 0 Å². The average molecular weight is 898 g/mol. The van der Waals surface area contributed by atoms with E-state index in [4.69, 9.17) is 18.6 Å². The molecule has 4 aromatic carbocycles. The molecule has 4 aromatic rings. The standard InChI is InChI=1S/C29H31N5O18S5/c1-30-21-8-7-19-20(27(21)33-31-17-5-4-6-18(13-17)53(36,37)11-9-51-56(43,44)45)14-26(55(40,41)42)28(29(19)50-3)34-32-22-15-24(49-2)25(16-23(22)35)54(38,39)12-10-52-57(46,47)48/h4-8,13-16,30,35H,9-12H2,1-3H3,(H,40,41,42)(H,43,44,45)(H,46,47,48)/b33-31+,34-32+. The number of sulfone groups is 2. The smallest absolute Gasteiger partial charge is 0.397 e. The topological polar surface area (TPSA) is 350 Å². The van der Waals surface area contributed by atoms with Crippen molar-refractivity contribution in [2.24, 2.45) is 20.5 Å². The van der Waals surface area contributed by atoms with E-state index in [-0.39, 0.29) is 38.5 Å². The molecule has 0 aliphatic carbocycles. The third-order valence-electron chi connectivity index (χ3n) is 7.40. The maximum Gasteiger partial charge on any atom is 0.397 e. The van der Waals surface area contributed by atoms with Crippen LogP contribution in [0.5, 0.6) is 17.2 Å². The molecule has 0 amide bonds. The van der Waals surface area contributed by atoms with Crippen molar-refractivity contribution in [3.8, 4) is 17.2 Å². The summed E-state index contributed by atoms with van der Waals surface area (Å²) in [5, 5.41) is 29.7. The lowest BCUT2D eigenvalue weighted by atomic mass is 10.0. The molecule has 0 saturated carbocycles. The predicted octanol–water partition coefficient (Wildman–Crippen LogP) is 3.87. The van der Waals surface area contributed by atoms with Crippen LogP contribution in [0, 0.1) is 0 Å². The summed E-state index contributed by atoms with van der Waals surface area (Å²) in [6, 6.07) is 10.5. The van der Waals surface area contributed by atoms with Crippen molar-refractivity contribution in [1.29, 1.82) is 0 Å². The quantitative estimate of drug-likeness (QED) is 0.0699. The van der Waals surface area contributed by atoms with Gasteiger partial charge in [0.2, 0.25) is 0 Å². The molecule has 0 bridgehead atoms. The Kier molecular flexibility index (Phi) is 13.6. The number of anilines is 1. The van der Waals surface area contributed by atoms with Crippen LogP contribution in [-0.2, 0) is 59.0 Å². The van der Waals surface area contributed by atoms with Gasteiger partial charge >= 0.3 is 20.8 Å².